The van der Waals surface area contributed by atoms with Gasteiger partial charge in [0.2, 0.25) is 0 Å². The third kappa shape index (κ3) is 2.91. The van der Waals surface area contributed by atoms with Gasteiger partial charge in [-0.1, -0.05) is 12.1 Å². The maximum Gasteiger partial charge on any atom is 0.255 e. The summed E-state index contributed by atoms with van der Waals surface area (Å²) in [6, 6.07) is 9.73. The van der Waals surface area contributed by atoms with Gasteiger partial charge in [-0.25, -0.2) is 4.39 Å². The maximum atomic E-state index is 13.4. The van der Waals surface area contributed by atoms with Gasteiger partial charge in [-0.05, 0) is 49.2 Å². The molecule has 2 aromatic rings. The van der Waals surface area contributed by atoms with Crippen LogP contribution < -0.4 is 11.1 Å². The van der Waals surface area contributed by atoms with Crippen molar-refractivity contribution in [2.45, 2.75) is 13.8 Å². The van der Waals surface area contributed by atoms with Gasteiger partial charge in [0, 0.05) is 5.56 Å². The number of anilines is 2. The highest BCUT2D eigenvalue weighted by Crippen LogP contribution is 2.20. The minimum absolute atomic E-state index is 0.268. The van der Waals surface area contributed by atoms with Crippen LogP contribution in [0.2, 0.25) is 0 Å². The number of rotatable bonds is 2. The molecule has 0 aromatic heterocycles. The number of hydrogen-bond donors (Lipinski definition) is 2. The Morgan fingerprint density at radius 3 is 2.58 bits per heavy atom. The van der Waals surface area contributed by atoms with Crippen molar-refractivity contribution in [1.29, 1.82) is 0 Å². The molecule has 0 unspecified atom stereocenters. The van der Waals surface area contributed by atoms with Gasteiger partial charge in [0.25, 0.3) is 5.91 Å². The first-order chi connectivity index (χ1) is 8.97. The largest absolute Gasteiger partial charge is 0.397 e. The Balaban J connectivity index is 2.25. The Labute approximate surface area is 111 Å². The van der Waals surface area contributed by atoms with E-state index in [1.54, 1.807) is 31.2 Å². The summed E-state index contributed by atoms with van der Waals surface area (Å²) in [5.74, 6) is -0.777. The second-order valence-corrected chi connectivity index (χ2v) is 4.51. The molecule has 3 nitrogen and oxygen atoms in total. The van der Waals surface area contributed by atoms with Crippen molar-refractivity contribution < 1.29 is 9.18 Å². The SMILES string of the molecule is Cc1ccc(N)c(NC(=O)c2ccc(C)c(F)c2)c1. The summed E-state index contributed by atoms with van der Waals surface area (Å²) in [5, 5.41) is 2.68. The molecule has 0 atom stereocenters. The van der Waals surface area contributed by atoms with E-state index in [-0.39, 0.29) is 11.5 Å². The zero-order chi connectivity index (χ0) is 14.0. The van der Waals surface area contributed by atoms with Crippen LogP contribution in [0.1, 0.15) is 21.5 Å². The van der Waals surface area contributed by atoms with E-state index >= 15 is 0 Å². The first-order valence-electron chi connectivity index (χ1n) is 5.91. The smallest absolute Gasteiger partial charge is 0.255 e. The van der Waals surface area contributed by atoms with Crippen molar-refractivity contribution in [2.24, 2.45) is 0 Å². The number of nitrogens with two attached hydrogens (primary N) is 1. The van der Waals surface area contributed by atoms with Gasteiger partial charge < -0.3 is 11.1 Å². The summed E-state index contributed by atoms with van der Waals surface area (Å²) < 4.78 is 13.4. The van der Waals surface area contributed by atoms with E-state index in [2.05, 4.69) is 5.32 Å². The lowest BCUT2D eigenvalue weighted by Crippen LogP contribution is -2.13. The van der Waals surface area contributed by atoms with Crippen LogP contribution in [0.25, 0.3) is 0 Å². The molecular weight excluding hydrogens is 243 g/mol. The van der Waals surface area contributed by atoms with Crippen LogP contribution in [-0.4, -0.2) is 5.91 Å². The highest BCUT2D eigenvalue weighted by molar-refractivity contribution is 6.05. The van der Waals surface area contributed by atoms with Gasteiger partial charge in [-0.3, -0.25) is 4.79 Å². The topological polar surface area (TPSA) is 55.1 Å². The predicted octanol–water partition coefficient (Wildman–Crippen LogP) is 3.28. The van der Waals surface area contributed by atoms with Crippen molar-refractivity contribution in [1.82, 2.24) is 0 Å². The molecular formula is C15H15FN2O. The number of carbonyl (C=O) groups is 1. The van der Waals surface area contributed by atoms with E-state index in [4.69, 9.17) is 5.73 Å². The summed E-state index contributed by atoms with van der Waals surface area (Å²) in [6.45, 7) is 3.55. The Morgan fingerprint density at radius 2 is 1.89 bits per heavy atom. The monoisotopic (exact) mass is 258 g/mol. The lowest BCUT2D eigenvalue weighted by atomic mass is 10.1. The standard InChI is InChI=1S/C15H15FN2O/c1-9-3-6-13(17)14(7-9)18-15(19)11-5-4-10(2)12(16)8-11/h3-8H,17H2,1-2H3,(H,18,19). The lowest BCUT2D eigenvalue weighted by molar-refractivity contribution is 0.102. The number of aryl methyl sites for hydroxylation is 2. The summed E-state index contributed by atoms with van der Waals surface area (Å²) in [7, 11) is 0. The van der Waals surface area contributed by atoms with E-state index in [9.17, 15) is 9.18 Å². The van der Waals surface area contributed by atoms with Gasteiger partial charge in [0.1, 0.15) is 5.82 Å². The van der Waals surface area contributed by atoms with E-state index in [1.807, 2.05) is 13.0 Å². The molecule has 0 bridgehead atoms. The zero-order valence-corrected chi connectivity index (χ0v) is 10.8. The zero-order valence-electron chi connectivity index (χ0n) is 10.8. The maximum absolute atomic E-state index is 13.4. The molecule has 0 heterocycles. The molecule has 19 heavy (non-hydrogen) atoms. The van der Waals surface area contributed by atoms with E-state index < -0.39 is 5.82 Å². The van der Waals surface area contributed by atoms with Crippen molar-refractivity contribution in [2.75, 3.05) is 11.1 Å². The summed E-state index contributed by atoms with van der Waals surface area (Å²) in [4.78, 5) is 12.0. The number of benzene rings is 2. The van der Waals surface area contributed by atoms with Crippen molar-refractivity contribution >= 4 is 17.3 Å². The molecule has 2 aromatic carbocycles. The molecule has 0 radical (unpaired) electrons. The Morgan fingerprint density at radius 1 is 1.16 bits per heavy atom. The first kappa shape index (κ1) is 13.1. The second kappa shape index (κ2) is 5.10. The average Bonchev–Trinajstić information content (AvgIpc) is 2.37. The number of nitrogens with one attached hydrogen (secondary N) is 1. The Bertz CT molecular complexity index is 638. The Hall–Kier alpha value is -2.36. The summed E-state index contributed by atoms with van der Waals surface area (Å²) in [5.41, 5.74) is 8.55. The molecule has 0 saturated carbocycles. The van der Waals surface area contributed by atoms with Crippen LogP contribution in [0.3, 0.4) is 0 Å². The van der Waals surface area contributed by atoms with Crippen molar-refractivity contribution in [3.8, 4) is 0 Å². The molecule has 3 N–H and O–H groups in total. The van der Waals surface area contributed by atoms with Crippen LogP contribution in [0.4, 0.5) is 15.8 Å². The third-order valence-corrected chi connectivity index (χ3v) is 2.89. The molecule has 2 rings (SSSR count). The summed E-state index contributed by atoms with van der Waals surface area (Å²) in [6.07, 6.45) is 0. The van der Waals surface area contributed by atoms with Crippen LogP contribution in [-0.2, 0) is 0 Å². The van der Waals surface area contributed by atoms with Crippen LogP contribution in [0.5, 0.6) is 0 Å². The van der Waals surface area contributed by atoms with E-state index in [0.717, 1.165) is 5.56 Å². The molecule has 0 saturated heterocycles. The number of carbonyl (C=O) groups excluding carboxylic acids is 1. The minimum atomic E-state index is -0.398. The first-order valence-corrected chi connectivity index (χ1v) is 5.91. The van der Waals surface area contributed by atoms with Gasteiger partial charge >= 0.3 is 0 Å². The third-order valence-electron chi connectivity index (χ3n) is 2.89. The van der Waals surface area contributed by atoms with Crippen molar-refractivity contribution in [3.63, 3.8) is 0 Å². The minimum Gasteiger partial charge on any atom is -0.397 e. The number of amides is 1. The molecule has 0 aliphatic carbocycles. The normalized spacial score (nSPS) is 10.3. The molecule has 1 amide bonds. The Kier molecular flexibility index (Phi) is 3.51. The fraction of sp³-hybridized carbons (Fsp3) is 0.133. The van der Waals surface area contributed by atoms with Crippen LogP contribution in [0.15, 0.2) is 36.4 Å². The van der Waals surface area contributed by atoms with E-state index in [0.29, 0.717) is 16.9 Å². The highest BCUT2D eigenvalue weighted by atomic mass is 19.1. The van der Waals surface area contributed by atoms with Gasteiger partial charge in [-0.2, -0.15) is 0 Å². The predicted molar refractivity (Wildman–Crippen MR) is 74.7 cm³/mol. The molecule has 0 aliphatic rings. The number of halogens is 1. The second-order valence-electron chi connectivity index (χ2n) is 4.51. The quantitative estimate of drug-likeness (QED) is 0.812. The lowest BCUT2D eigenvalue weighted by Gasteiger charge is -2.09. The highest BCUT2D eigenvalue weighted by Gasteiger charge is 2.10. The average molecular weight is 258 g/mol. The van der Waals surface area contributed by atoms with Crippen molar-refractivity contribution in [3.05, 3.63) is 58.9 Å². The van der Waals surface area contributed by atoms with E-state index in [1.165, 1.54) is 6.07 Å². The molecule has 0 spiro atoms. The summed E-state index contributed by atoms with van der Waals surface area (Å²) >= 11 is 0. The fourth-order valence-electron chi connectivity index (χ4n) is 1.71. The molecule has 4 heteroatoms. The number of nitrogen functional groups attached to an aromatic ring is 1. The molecule has 0 aliphatic heterocycles. The fourth-order valence-corrected chi connectivity index (χ4v) is 1.71. The molecule has 98 valence electrons. The number of hydrogen-bond acceptors (Lipinski definition) is 2. The van der Waals surface area contributed by atoms with Crippen LogP contribution >= 0.6 is 0 Å². The van der Waals surface area contributed by atoms with Gasteiger partial charge in [-0.15, -0.1) is 0 Å². The molecule has 0 fully saturated rings. The van der Waals surface area contributed by atoms with Gasteiger partial charge in [0.15, 0.2) is 0 Å². The van der Waals surface area contributed by atoms with Crippen LogP contribution in [0, 0.1) is 19.7 Å². The van der Waals surface area contributed by atoms with Gasteiger partial charge in [0.05, 0.1) is 11.4 Å².